The van der Waals surface area contributed by atoms with Crippen LogP contribution in [0.4, 0.5) is 11.4 Å². The number of benzene rings is 2. The number of amides is 1. The normalized spacial score (nSPS) is 12.8. The molecule has 0 fully saturated rings. The number of nitrogens with one attached hydrogen (secondary N) is 1. The third kappa shape index (κ3) is 2.43. The number of nitrogen functional groups attached to an aromatic ring is 1. The number of carbonyl (C=O) groups is 1. The highest BCUT2D eigenvalue weighted by atomic mass is 16.1. The van der Waals surface area contributed by atoms with Gasteiger partial charge in [0.2, 0.25) is 0 Å². The molecule has 3 heteroatoms. The van der Waals surface area contributed by atoms with Crippen molar-refractivity contribution in [2.75, 3.05) is 11.1 Å². The van der Waals surface area contributed by atoms with E-state index in [4.69, 9.17) is 5.73 Å². The summed E-state index contributed by atoms with van der Waals surface area (Å²) in [5.74, 6) is -0.178. The smallest absolute Gasteiger partial charge is 0.257 e. The van der Waals surface area contributed by atoms with Crippen LogP contribution in [0.2, 0.25) is 0 Å². The summed E-state index contributed by atoms with van der Waals surface area (Å²) < 4.78 is 0. The summed E-state index contributed by atoms with van der Waals surface area (Å²) in [6.07, 6.45) is 6.40. The molecule has 0 bridgehead atoms. The van der Waals surface area contributed by atoms with Gasteiger partial charge in [-0.1, -0.05) is 30.4 Å². The third-order valence-electron chi connectivity index (χ3n) is 3.49. The summed E-state index contributed by atoms with van der Waals surface area (Å²) >= 11 is 0. The molecule has 0 radical (unpaired) electrons. The van der Waals surface area contributed by atoms with E-state index in [9.17, 15) is 4.79 Å². The SMILES string of the molecule is Nc1ccccc1C(=O)Nc1ccc2c(c1)C=CCC2. The fourth-order valence-corrected chi connectivity index (χ4v) is 2.41. The van der Waals surface area contributed by atoms with Crippen molar-refractivity contribution in [3.8, 4) is 0 Å². The zero-order valence-corrected chi connectivity index (χ0v) is 11.1. The number of nitrogens with two attached hydrogens (primary N) is 1. The van der Waals surface area contributed by atoms with E-state index >= 15 is 0 Å². The Kier molecular flexibility index (Phi) is 3.25. The second-order valence-electron chi connectivity index (χ2n) is 4.90. The minimum Gasteiger partial charge on any atom is -0.398 e. The molecule has 0 atom stereocenters. The fourth-order valence-electron chi connectivity index (χ4n) is 2.41. The van der Waals surface area contributed by atoms with Gasteiger partial charge in [-0.15, -0.1) is 0 Å². The summed E-state index contributed by atoms with van der Waals surface area (Å²) in [5.41, 5.74) is 10.1. The molecule has 1 amide bonds. The molecule has 1 aliphatic carbocycles. The van der Waals surface area contributed by atoms with E-state index < -0.39 is 0 Å². The Morgan fingerprint density at radius 1 is 1.15 bits per heavy atom. The Hall–Kier alpha value is -2.55. The van der Waals surface area contributed by atoms with Crippen LogP contribution in [0.25, 0.3) is 6.08 Å². The lowest BCUT2D eigenvalue weighted by molar-refractivity contribution is 0.102. The van der Waals surface area contributed by atoms with E-state index in [1.165, 1.54) is 11.1 Å². The standard InChI is InChI=1S/C17H16N2O/c18-16-8-4-3-7-15(16)17(20)19-14-10-9-12-5-1-2-6-13(12)11-14/h2-4,6-11H,1,5,18H2,(H,19,20). The van der Waals surface area contributed by atoms with Crippen LogP contribution in [0.5, 0.6) is 0 Å². The van der Waals surface area contributed by atoms with Crippen LogP contribution in [0.1, 0.15) is 27.9 Å². The molecule has 100 valence electrons. The lowest BCUT2D eigenvalue weighted by Gasteiger charge is -2.13. The Morgan fingerprint density at radius 2 is 2.00 bits per heavy atom. The van der Waals surface area contributed by atoms with E-state index in [1.807, 2.05) is 18.2 Å². The largest absolute Gasteiger partial charge is 0.398 e. The van der Waals surface area contributed by atoms with Crippen molar-refractivity contribution in [3.63, 3.8) is 0 Å². The van der Waals surface area contributed by atoms with Crippen molar-refractivity contribution in [1.29, 1.82) is 0 Å². The van der Waals surface area contributed by atoms with Gasteiger partial charge in [0.05, 0.1) is 5.56 Å². The average molecular weight is 264 g/mol. The first-order valence-electron chi connectivity index (χ1n) is 6.69. The second kappa shape index (κ2) is 5.21. The first-order valence-corrected chi connectivity index (χ1v) is 6.69. The van der Waals surface area contributed by atoms with E-state index in [0.717, 1.165) is 18.5 Å². The highest BCUT2D eigenvalue weighted by Gasteiger charge is 2.10. The lowest BCUT2D eigenvalue weighted by atomic mass is 9.97. The number of aryl methyl sites for hydroxylation is 1. The number of rotatable bonds is 2. The maximum absolute atomic E-state index is 12.2. The fraction of sp³-hybridized carbons (Fsp3) is 0.118. The molecule has 1 aliphatic rings. The number of allylic oxidation sites excluding steroid dienone is 1. The summed E-state index contributed by atoms with van der Waals surface area (Å²) in [6, 6.07) is 13.1. The van der Waals surface area contributed by atoms with Gasteiger partial charge < -0.3 is 11.1 Å². The molecule has 2 aromatic rings. The van der Waals surface area contributed by atoms with Gasteiger partial charge in [0.15, 0.2) is 0 Å². The zero-order valence-electron chi connectivity index (χ0n) is 11.1. The van der Waals surface area contributed by atoms with E-state index in [0.29, 0.717) is 11.3 Å². The predicted molar refractivity (Wildman–Crippen MR) is 82.6 cm³/mol. The molecule has 0 saturated carbocycles. The average Bonchev–Trinajstić information content (AvgIpc) is 2.47. The predicted octanol–water partition coefficient (Wildman–Crippen LogP) is 3.48. The Balaban J connectivity index is 1.84. The van der Waals surface area contributed by atoms with Crippen LogP contribution in [0.15, 0.2) is 48.5 Å². The highest BCUT2D eigenvalue weighted by Crippen LogP contribution is 2.23. The molecule has 0 spiro atoms. The Labute approximate surface area is 118 Å². The lowest BCUT2D eigenvalue weighted by Crippen LogP contribution is -2.14. The van der Waals surface area contributed by atoms with Crippen molar-refractivity contribution >= 4 is 23.4 Å². The van der Waals surface area contributed by atoms with Gasteiger partial charge in [-0.2, -0.15) is 0 Å². The number of para-hydroxylation sites is 1. The molecule has 0 saturated heterocycles. The second-order valence-corrected chi connectivity index (χ2v) is 4.90. The van der Waals surface area contributed by atoms with Crippen molar-refractivity contribution in [1.82, 2.24) is 0 Å². The third-order valence-corrected chi connectivity index (χ3v) is 3.49. The monoisotopic (exact) mass is 264 g/mol. The van der Waals surface area contributed by atoms with E-state index in [1.54, 1.807) is 18.2 Å². The first kappa shape index (κ1) is 12.5. The van der Waals surface area contributed by atoms with Crippen molar-refractivity contribution < 1.29 is 4.79 Å². The minimum absolute atomic E-state index is 0.178. The van der Waals surface area contributed by atoms with Gasteiger partial charge in [-0.25, -0.2) is 0 Å². The maximum Gasteiger partial charge on any atom is 0.257 e. The number of anilines is 2. The highest BCUT2D eigenvalue weighted by molar-refractivity contribution is 6.07. The number of fused-ring (bicyclic) bond motifs is 1. The van der Waals surface area contributed by atoms with Crippen LogP contribution in [0, 0.1) is 0 Å². The van der Waals surface area contributed by atoms with E-state index in [-0.39, 0.29) is 5.91 Å². The number of hydrogen-bond acceptors (Lipinski definition) is 2. The van der Waals surface area contributed by atoms with Gasteiger partial charge in [0.1, 0.15) is 0 Å². The molecule has 3 nitrogen and oxygen atoms in total. The van der Waals surface area contributed by atoms with Gasteiger partial charge in [0, 0.05) is 11.4 Å². The van der Waals surface area contributed by atoms with E-state index in [2.05, 4.69) is 23.5 Å². The van der Waals surface area contributed by atoms with Gasteiger partial charge >= 0.3 is 0 Å². The van der Waals surface area contributed by atoms with Crippen molar-refractivity contribution in [2.24, 2.45) is 0 Å². The summed E-state index contributed by atoms with van der Waals surface area (Å²) in [4.78, 5) is 12.2. The number of carbonyl (C=O) groups excluding carboxylic acids is 1. The first-order chi connectivity index (χ1) is 9.74. The molecule has 3 N–H and O–H groups in total. The van der Waals surface area contributed by atoms with Gasteiger partial charge in [0.25, 0.3) is 5.91 Å². The Bertz CT molecular complexity index is 689. The quantitative estimate of drug-likeness (QED) is 0.816. The van der Waals surface area contributed by atoms with Crippen molar-refractivity contribution in [2.45, 2.75) is 12.8 Å². The minimum atomic E-state index is -0.178. The zero-order chi connectivity index (χ0) is 13.9. The molecule has 0 heterocycles. The molecule has 20 heavy (non-hydrogen) atoms. The summed E-state index contributed by atoms with van der Waals surface area (Å²) in [6.45, 7) is 0. The Morgan fingerprint density at radius 3 is 2.85 bits per heavy atom. The molecule has 0 aromatic heterocycles. The molecule has 2 aromatic carbocycles. The summed E-state index contributed by atoms with van der Waals surface area (Å²) in [5, 5.41) is 2.90. The molecular formula is C17H16N2O. The topological polar surface area (TPSA) is 55.1 Å². The molecule has 0 aliphatic heterocycles. The van der Waals surface area contributed by atoms with Gasteiger partial charge in [-0.05, 0) is 48.2 Å². The summed E-state index contributed by atoms with van der Waals surface area (Å²) in [7, 11) is 0. The molecular weight excluding hydrogens is 248 g/mol. The number of hydrogen-bond donors (Lipinski definition) is 2. The maximum atomic E-state index is 12.2. The van der Waals surface area contributed by atoms with Gasteiger partial charge in [-0.3, -0.25) is 4.79 Å². The van der Waals surface area contributed by atoms with Crippen LogP contribution in [-0.2, 0) is 6.42 Å². The molecule has 3 rings (SSSR count). The van der Waals surface area contributed by atoms with Crippen LogP contribution >= 0.6 is 0 Å². The van der Waals surface area contributed by atoms with Crippen molar-refractivity contribution in [3.05, 3.63) is 65.2 Å². The van der Waals surface area contributed by atoms with Crippen LogP contribution < -0.4 is 11.1 Å². The van der Waals surface area contributed by atoms with Crippen LogP contribution in [-0.4, -0.2) is 5.91 Å². The van der Waals surface area contributed by atoms with Crippen LogP contribution in [0.3, 0.4) is 0 Å². The molecule has 0 unspecified atom stereocenters.